The lowest BCUT2D eigenvalue weighted by Gasteiger charge is -2.10. The molecule has 0 radical (unpaired) electrons. The third-order valence-electron chi connectivity index (χ3n) is 3.02. The second kappa shape index (κ2) is 5.57. The summed E-state index contributed by atoms with van der Waals surface area (Å²) in [6.07, 6.45) is -0.459. The molecule has 1 fully saturated rings. The highest BCUT2D eigenvalue weighted by atomic mass is 32.1. The van der Waals surface area contributed by atoms with Crippen molar-refractivity contribution in [2.24, 2.45) is 0 Å². The normalized spacial score (nSPS) is 14.3. The van der Waals surface area contributed by atoms with Gasteiger partial charge in [0.25, 0.3) is 0 Å². The Morgan fingerprint density at radius 1 is 1.57 bits per heavy atom. The van der Waals surface area contributed by atoms with E-state index in [4.69, 9.17) is 9.47 Å². The quantitative estimate of drug-likeness (QED) is 0.929. The molecular formula is C13H13N3O4S. The van der Waals surface area contributed by atoms with Crippen molar-refractivity contribution in [3.8, 4) is 5.75 Å². The minimum Gasteiger partial charge on any atom is -0.497 e. The number of ether oxygens (including phenoxy) is 2. The first kappa shape index (κ1) is 13.6. The van der Waals surface area contributed by atoms with Gasteiger partial charge in [0.15, 0.2) is 5.13 Å². The maximum atomic E-state index is 11.9. The Morgan fingerprint density at radius 2 is 2.43 bits per heavy atom. The summed E-state index contributed by atoms with van der Waals surface area (Å²) in [4.78, 5) is 28.8. The highest BCUT2D eigenvalue weighted by molar-refractivity contribution is 7.22. The maximum Gasteiger partial charge on any atom is 0.410 e. The second-order valence-electron chi connectivity index (χ2n) is 4.44. The van der Waals surface area contributed by atoms with Gasteiger partial charge in [0, 0.05) is 0 Å². The fourth-order valence-corrected chi connectivity index (χ4v) is 2.90. The van der Waals surface area contributed by atoms with Crippen LogP contribution in [0.25, 0.3) is 10.2 Å². The summed E-state index contributed by atoms with van der Waals surface area (Å²) in [6.45, 7) is 0.731. The van der Waals surface area contributed by atoms with Gasteiger partial charge in [-0.2, -0.15) is 0 Å². The van der Waals surface area contributed by atoms with Crippen LogP contribution >= 0.6 is 11.3 Å². The van der Waals surface area contributed by atoms with Crippen molar-refractivity contribution >= 4 is 38.7 Å². The van der Waals surface area contributed by atoms with E-state index < -0.39 is 6.09 Å². The number of benzene rings is 1. The van der Waals surface area contributed by atoms with Gasteiger partial charge in [0.2, 0.25) is 5.91 Å². The van der Waals surface area contributed by atoms with Gasteiger partial charge < -0.3 is 14.8 Å². The highest BCUT2D eigenvalue weighted by Gasteiger charge is 2.24. The zero-order valence-electron chi connectivity index (χ0n) is 11.3. The van der Waals surface area contributed by atoms with Gasteiger partial charge in [-0.25, -0.2) is 9.78 Å². The maximum absolute atomic E-state index is 11.9. The van der Waals surface area contributed by atoms with Crippen molar-refractivity contribution < 1.29 is 19.1 Å². The first-order valence-electron chi connectivity index (χ1n) is 6.32. The molecule has 1 aromatic carbocycles. The van der Waals surface area contributed by atoms with Gasteiger partial charge in [-0.15, -0.1) is 0 Å². The summed E-state index contributed by atoms with van der Waals surface area (Å²) in [7, 11) is 1.60. The Hall–Kier alpha value is -2.35. The molecule has 8 heteroatoms. The molecule has 1 aromatic heterocycles. The molecule has 0 saturated carbocycles. The zero-order valence-corrected chi connectivity index (χ0v) is 12.1. The summed E-state index contributed by atoms with van der Waals surface area (Å²) in [5.41, 5.74) is 0.789. The molecule has 7 nitrogen and oxygen atoms in total. The van der Waals surface area contributed by atoms with E-state index in [1.165, 1.54) is 16.2 Å². The number of thiazole rings is 1. The summed E-state index contributed by atoms with van der Waals surface area (Å²) < 4.78 is 10.8. The van der Waals surface area contributed by atoms with Gasteiger partial charge in [-0.1, -0.05) is 11.3 Å². The molecule has 2 aromatic rings. The van der Waals surface area contributed by atoms with Crippen LogP contribution in [-0.2, 0) is 9.53 Å². The number of aromatic nitrogens is 1. The topological polar surface area (TPSA) is 80.8 Å². The van der Waals surface area contributed by atoms with Crippen LogP contribution in [0.5, 0.6) is 5.75 Å². The molecule has 1 saturated heterocycles. The Balaban J connectivity index is 1.69. The van der Waals surface area contributed by atoms with Crippen LogP contribution in [0.4, 0.5) is 9.93 Å². The zero-order chi connectivity index (χ0) is 14.8. The third kappa shape index (κ3) is 2.89. The van der Waals surface area contributed by atoms with E-state index in [0.717, 1.165) is 16.0 Å². The molecular weight excluding hydrogens is 294 g/mol. The van der Waals surface area contributed by atoms with Gasteiger partial charge in [-0.05, 0) is 18.2 Å². The van der Waals surface area contributed by atoms with Crippen LogP contribution in [0.3, 0.4) is 0 Å². The minimum absolute atomic E-state index is 0.0297. The summed E-state index contributed by atoms with van der Waals surface area (Å²) in [5.74, 6) is 0.448. The average molecular weight is 307 g/mol. The Morgan fingerprint density at radius 3 is 3.14 bits per heavy atom. The average Bonchev–Trinajstić information content (AvgIpc) is 3.04. The number of anilines is 1. The fraction of sp³-hybridized carbons (Fsp3) is 0.308. The van der Waals surface area contributed by atoms with Gasteiger partial charge >= 0.3 is 6.09 Å². The molecule has 1 aliphatic rings. The molecule has 1 N–H and O–H groups in total. The molecule has 110 valence electrons. The minimum atomic E-state index is -0.459. The smallest absolute Gasteiger partial charge is 0.410 e. The molecule has 0 aliphatic carbocycles. The van der Waals surface area contributed by atoms with Crippen LogP contribution in [-0.4, -0.2) is 48.7 Å². The van der Waals surface area contributed by atoms with E-state index in [9.17, 15) is 9.59 Å². The van der Waals surface area contributed by atoms with Crippen LogP contribution in [0.15, 0.2) is 18.2 Å². The lowest BCUT2D eigenvalue weighted by atomic mass is 10.3. The number of nitrogens with one attached hydrogen (secondary N) is 1. The first-order chi connectivity index (χ1) is 10.2. The summed E-state index contributed by atoms with van der Waals surface area (Å²) >= 11 is 1.36. The van der Waals surface area contributed by atoms with Crippen molar-refractivity contribution in [3.05, 3.63) is 18.2 Å². The Kier molecular flexibility index (Phi) is 3.61. The van der Waals surface area contributed by atoms with Gasteiger partial charge in [-0.3, -0.25) is 9.69 Å². The molecule has 3 rings (SSSR count). The lowest BCUT2D eigenvalue weighted by Crippen LogP contribution is -2.33. The Labute approximate surface area is 124 Å². The molecule has 1 aliphatic heterocycles. The number of amides is 2. The van der Waals surface area contributed by atoms with Crippen LogP contribution in [0.1, 0.15) is 0 Å². The summed E-state index contributed by atoms with van der Waals surface area (Å²) in [5, 5.41) is 3.19. The Bertz CT molecular complexity index is 700. The largest absolute Gasteiger partial charge is 0.497 e. The number of carbonyl (C=O) groups is 2. The molecule has 2 amide bonds. The first-order valence-corrected chi connectivity index (χ1v) is 7.13. The number of hydrogen-bond donors (Lipinski definition) is 1. The van der Waals surface area contributed by atoms with E-state index in [2.05, 4.69) is 10.3 Å². The van der Waals surface area contributed by atoms with Gasteiger partial charge in [0.1, 0.15) is 18.9 Å². The van der Waals surface area contributed by atoms with Crippen LogP contribution < -0.4 is 10.1 Å². The van der Waals surface area contributed by atoms with Gasteiger partial charge in [0.05, 0.1) is 23.9 Å². The fourth-order valence-electron chi connectivity index (χ4n) is 1.99. The second-order valence-corrected chi connectivity index (χ2v) is 5.47. The molecule has 21 heavy (non-hydrogen) atoms. The molecule has 0 bridgehead atoms. The molecule has 2 heterocycles. The number of hydrogen-bond acceptors (Lipinski definition) is 6. The number of nitrogens with zero attached hydrogens (tertiary/aromatic N) is 2. The van der Waals surface area contributed by atoms with Crippen molar-refractivity contribution in [2.75, 3.05) is 32.1 Å². The monoisotopic (exact) mass is 307 g/mol. The van der Waals surface area contributed by atoms with Crippen molar-refractivity contribution in [3.63, 3.8) is 0 Å². The lowest BCUT2D eigenvalue weighted by molar-refractivity contribution is -0.116. The van der Waals surface area contributed by atoms with E-state index >= 15 is 0 Å². The van der Waals surface area contributed by atoms with E-state index in [1.54, 1.807) is 7.11 Å². The SMILES string of the molecule is COc1ccc2nc(NC(=O)CN3CCOC3=O)sc2c1. The molecule has 0 unspecified atom stereocenters. The molecule has 0 atom stereocenters. The number of fused-ring (bicyclic) bond motifs is 1. The van der Waals surface area contributed by atoms with E-state index in [1.807, 2.05) is 18.2 Å². The number of rotatable bonds is 4. The predicted molar refractivity (Wildman–Crippen MR) is 77.7 cm³/mol. The predicted octanol–water partition coefficient (Wildman–Crippen LogP) is 1.70. The van der Waals surface area contributed by atoms with Crippen LogP contribution in [0, 0.1) is 0 Å². The highest BCUT2D eigenvalue weighted by Crippen LogP contribution is 2.29. The number of methoxy groups -OCH3 is 1. The standard InChI is InChI=1S/C13H13N3O4S/c1-19-8-2-3-9-10(6-8)21-12(14-9)15-11(17)7-16-4-5-20-13(16)18/h2-3,6H,4-5,7H2,1H3,(H,14,15,17). The van der Waals surface area contributed by atoms with E-state index in [0.29, 0.717) is 18.3 Å². The summed E-state index contributed by atoms with van der Waals surface area (Å²) in [6, 6.07) is 5.51. The van der Waals surface area contributed by atoms with Crippen LogP contribution in [0.2, 0.25) is 0 Å². The molecule has 0 spiro atoms. The van der Waals surface area contributed by atoms with Crippen molar-refractivity contribution in [1.29, 1.82) is 0 Å². The van der Waals surface area contributed by atoms with E-state index in [-0.39, 0.29) is 12.5 Å². The number of carbonyl (C=O) groups excluding carboxylic acids is 2. The van der Waals surface area contributed by atoms with Crippen molar-refractivity contribution in [2.45, 2.75) is 0 Å². The number of cyclic esters (lactones) is 1. The van der Waals surface area contributed by atoms with Crippen molar-refractivity contribution in [1.82, 2.24) is 9.88 Å². The third-order valence-corrected chi connectivity index (χ3v) is 3.95.